The number of hydrogen-bond donors (Lipinski definition) is 3. The van der Waals surface area contributed by atoms with Crippen molar-refractivity contribution in [2.75, 3.05) is 10.7 Å². The highest BCUT2D eigenvalue weighted by molar-refractivity contribution is 6.43. The molecule has 9 nitrogen and oxygen atoms in total. The van der Waals surface area contributed by atoms with Crippen LogP contribution in [0.1, 0.15) is 10.4 Å². The molecule has 0 saturated heterocycles. The Balaban J connectivity index is 1.85. The van der Waals surface area contributed by atoms with Crippen LogP contribution in [0.25, 0.3) is 0 Å². The zero-order chi connectivity index (χ0) is 21.0. The summed E-state index contributed by atoms with van der Waals surface area (Å²) in [6, 6.07) is 10.9. The number of halogens is 3. The molecule has 0 bridgehead atoms. The molecule has 0 aliphatic carbocycles. The molecule has 0 aliphatic rings. The van der Waals surface area contributed by atoms with Crippen molar-refractivity contribution >= 4 is 63.7 Å². The van der Waals surface area contributed by atoms with Crippen molar-refractivity contribution in [1.82, 2.24) is 15.4 Å². The van der Waals surface area contributed by atoms with Gasteiger partial charge in [-0.25, -0.2) is 9.97 Å². The van der Waals surface area contributed by atoms with Crippen LogP contribution in [-0.4, -0.2) is 20.8 Å². The predicted molar refractivity (Wildman–Crippen MR) is 111 cm³/mol. The Morgan fingerprint density at radius 2 is 1.69 bits per heavy atom. The van der Waals surface area contributed by atoms with Crippen molar-refractivity contribution in [3.8, 4) is 0 Å². The lowest BCUT2D eigenvalue weighted by Gasteiger charge is -2.12. The molecule has 1 amide bonds. The summed E-state index contributed by atoms with van der Waals surface area (Å²) in [6.45, 7) is 0. The lowest BCUT2D eigenvalue weighted by molar-refractivity contribution is -0.383. The van der Waals surface area contributed by atoms with Crippen molar-refractivity contribution < 1.29 is 9.72 Å². The standard InChI is InChI=1S/C17H11Cl3N6O3/c18-10-6-4-9(5-7-10)17(27)25-24-16-14(26(28)29)15(21-8-22-16)23-12-3-1-2-11(19)13(12)20/h1-8H,(H,25,27)(H2,21,22,23,24). The summed E-state index contributed by atoms with van der Waals surface area (Å²) < 4.78 is 0. The molecule has 148 valence electrons. The summed E-state index contributed by atoms with van der Waals surface area (Å²) in [5.74, 6) is -0.910. The second kappa shape index (κ2) is 8.91. The fourth-order valence-electron chi connectivity index (χ4n) is 2.25. The van der Waals surface area contributed by atoms with Crippen LogP contribution < -0.4 is 16.2 Å². The average Bonchev–Trinajstić information content (AvgIpc) is 2.70. The van der Waals surface area contributed by atoms with Crippen LogP contribution in [0.15, 0.2) is 48.8 Å². The van der Waals surface area contributed by atoms with Crippen LogP contribution >= 0.6 is 34.8 Å². The SMILES string of the molecule is O=C(NNc1ncnc(Nc2cccc(Cl)c2Cl)c1[N+](=O)[O-])c1ccc(Cl)cc1. The number of benzene rings is 2. The van der Waals surface area contributed by atoms with E-state index in [9.17, 15) is 14.9 Å². The number of carbonyl (C=O) groups excluding carboxylic acids is 1. The van der Waals surface area contributed by atoms with Crippen molar-refractivity contribution in [2.45, 2.75) is 0 Å². The molecule has 3 N–H and O–H groups in total. The number of hydrogen-bond acceptors (Lipinski definition) is 7. The minimum Gasteiger partial charge on any atom is -0.333 e. The Bertz CT molecular complexity index is 1080. The molecule has 0 atom stereocenters. The van der Waals surface area contributed by atoms with Gasteiger partial charge in [0.05, 0.1) is 20.7 Å². The number of amides is 1. The second-order valence-electron chi connectivity index (χ2n) is 5.49. The number of carbonyl (C=O) groups is 1. The summed E-state index contributed by atoms with van der Waals surface area (Å²) in [6.07, 6.45) is 1.09. The molecular formula is C17H11Cl3N6O3. The molecule has 0 unspecified atom stereocenters. The van der Waals surface area contributed by atoms with Crippen molar-refractivity contribution in [3.05, 3.63) is 79.5 Å². The second-order valence-corrected chi connectivity index (χ2v) is 6.71. The Kier molecular flexibility index (Phi) is 6.32. The monoisotopic (exact) mass is 452 g/mol. The Morgan fingerprint density at radius 1 is 1.00 bits per heavy atom. The zero-order valence-electron chi connectivity index (χ0n) is 14.3. The Hall–Kier alpha value is -3.14. The molecule has 2 aromatic carbocycles. The van der Waals surface area contributed by atoms with E-state index in [-0.39, 0.29) is 21.7 Å². The first-order chi connectivity index (χ1) is 13.9. The van der Waals surface area contributed by atoms with Crippen LogP contribution in [-0.2, 0) is 0 Å². The summed E-state index contributed by atoms with van der Waals surface area (Å²) in [7, 11) is 0. The first kappa shape index (κ1) is 20.6. The highest BCUT2D eigenvalue weighted by Gasteiger charge is 2.24. The molecule has 0 radical (unpaired) electrons. The molecule has 29 heavy (non-hydrogen) atoms. The van der Waals surface area contributed by atoms with E-state index in [1.54, 1.807) is 30.3 Å². The minimum absolute atomic E-state index is 0.141. The fraction of sp³-hybridized carbons (Fsp3) is 0. The highest BCUT2D eigenvalue weighted by atomic mass is 35.5. The maximum atomic E-state index is 12.2. The van der Waals surface area contributed by atoms with Gasteiger partial charge in [0, 0.05) is 10.6 Å². The van der Waals surface area contributed by atoms with Gasteiger partial charge in [0.15, 0.2) is 0 Å². The van der Waals surface area contributed by atoms with E-state index < -0.39 is 16.5 Å². The van der Waals surface area contributed by atoms with E-state index in [1.807, 2.05) is 0 Å². The van der Waals surface area contributed by atoms with E-state index in [0.29, 0.717) is 16.3 Å². The van der Waals surface area contributed by atoms with Gasteiger partial charge in [0.1, 0.15) is 6.33 Å². The predicted octanol–water partition coefficient (Wildman–Crippen LogP) is 4.85. The highest BCUT2D eigenvalue weighted by Crippen LogP contribution is 2.35. The number of hydrazine groups is 1. The molecular weight excluding hydrogens is 443 g/mol. The normalized spacial score (nSPS) is 10.3. The van der Waals surface area contributed by atoms with Gasteiger partial charge in [-0.05, 0) is 36.4 Å². The molecule has 3 aromatic rings. The van der Waals surface area contributed by atoms with Crippen LogP contribution in [0.4, 0.5) is 23.0 Å². The van der Waals surface area contributed by atoms with E-state index >= 15 is 0 Å². The van der Waals surface area contributed by atoms with Crippen molar-refractivity contribution in [3.63, 3.8) is 0 Å². The summed E-state index contributed by atoms with van der Waals surface area (Å²) in [5, 5.41) is 15.3. The molecule has 1 heterocycles. The van der Waals surface area contributed by atoms with Gasteiger partial charge in [-0.15, -0.1) is 0 Å². The average molecular weight is 454 g/mol. The van der Waals surface area contributed by atoms with Crippen molar-refractivity contribution in [1.29, 1.82) is 0 Å². The summed E-state index contributed by atoms with van der Waals surface area (Å²) in [5.41, 5.74) is 4.89. The van der Waals surface area contributed by atoms with Gasteiger partial charge >= 0.3 is 5.69 Å². The quantitative estimate of drug-likeness (QED) is 0.360. The van der Waals surface area contributed by atoms with Gasteiger partial charge in [0.25, 0.3) is 5.91 Å². The fourth-order valence-corrected chi connectivity index (χ4v) is 2.73. The summed E-state index contributed by atoms with van der Waals surface area (Å²) >= 11 is 17.9. The van der Waals surface area contributed by atoms with Crippen LogP contribution in [0.5, 0.6) is 0 Å². The maximum Gasteiger partial charge on any atom is 0.355 e. The number of nitrogens with zero attached hydrogens (tertiary/aromatic N) is 3. The van der Waals surface area contributed by atoms with Crippen molar-refractivity contribution in [2.24, 2.45) is 0 Å². The van der Waals surface area contributed by atoms with Gasteiger partial charge in [-0.3, -0.25) is 25.8 Å². The molecule has 0 spiro atoms. The third kappa shape index (κ3) is 4.83. The topological polar surface area (TPSA) is 122 Å². The third-order valence-electron chi connectivity index (χ3n) is 3.61. The minimum atomic E-state index is -0.697. The lowest BCUT2D eigenvalue weighted by Crippen LogP contribution is -2.30. The van der Waals surface area contributed by atoms with E-state index in [1.165, 1.54) is 12.1 Å². The molecule has 0 saturated carbocycles. The molecule has 0 fully saturated rings. The van der Waals surface area contributed by atoms with E-state index in [2.05, 4.69) is 26.1 Å². The largest absolute Gasteiger partial charge is 0.355 e. The van der Waals surface area contributed by atoms with Gasteiger partial charge in [-0.1, -0.05) is 40.9 Å². The van der Waals surface area contributed by atoms with Gasteiger partial charge < -0.3 is 5.32 Å². The zero-order valence-corrected chi connectivity index (χ0v) is 16.6. The first-order valence-electron chi connectivity index (χ1n) is 7.89. The van der Waals surface area contributed by atoms with Gasteiger partial charge in [0.2, 0.25) is 11.6 Å². The Labute approximate surface area is 179 Å². The molecule has 0 aliphatic heterocycles. The maximum absolute atomic E-state index is 12.2. The smallest absolute Gasteiger partial charge is 0.333 e. The number of rotatable bonds is 6. The number of aromatic nitrogens is 2. The van der Waals surface area contributed by atoms with E-state index in [0.717, 1.165) is 6.33 Å². The van der Waals surface area contributed by atoms with Crippen LogP contribution in [0.2, 0.25) is 15.1 Å². The first-order valence-corrected chi connectivity index (χ1v) is 9.02. The van der Waals surface area contributed by atoms with Crippen LogP contribution in [0.3, 0.4) is 0 Å². The Morgan fingerprint density at radius 3 is 2.38 bits per heavy atom. The number of nitrogens with one attached hydrogen (secondary N) is 3. The third-order valence-corrected chi connectivity index (χ3v) is 4.68. The lowest BCUT2D eigenvalue weighted by atomic mass is 10.2. The molecule has 3 rings (SSSR count). The molecule has 12 heteroatoms. The number of nitro groups is 1. The van der Waals surface area contributed by atoms with Crippen LogP contribution in [0, 0.1) is 10.1 Å². The van der Waals surface area contributed by atoms with E-state index in [4.69, 9.17) is 34.8 Å². The summed E-state index contributed by atoms with van der Waals surface area (Å²) in [4.78, 5) is 30.8. The van der Waals surface area contributed by atoms with Gasteiger partial charge in [-0.2, -0.15) is 0 Å². The molecule has 1 aromatic heterocycles. The number of anilines is 3.